The van der Waals surface area contributed by atoms with Gasteiger partial charge < -0.3 is 0 Å². The van der Waals surface area contributed by atoms with Crippen molar-refractivity contribution in [2.75, 3.05) is 5.43 Å². The van der Waals surface area contributed by atoms with Gasteiger partial charge in [0, 0.05) is 34.3 Å². The fraction of sp³-hybridized carbons (Fsp3) is 0.0526. The molecule has 0 unspecified atom stereocenters. The number of aromatic nitrogens is 2. The Hall–Kier alpha value is -5.48. The first-order chi connectivity index (χ1) is 20.8. The highest BCUT2D eigenvalue weighted by Gasteiger charge is 2.17. The zero-order valence-electron chi connectivity index (χ0n) is 23.4. The SMILES string of the molecule is CC/C=C(\N=C(Nn1c2cc(-c3cccnc3)ccc2c2c3ccccc3ccc21)c1ccccc1)c1ccccc1. The molecular formula is C38H30N4. The average Bonchev–Trinajstić information content (AvgIpc) is 3.38. The van der Waals surface area contributed by atoms with Gasteiger partial charge in [0.1, 0.15) is 0 Å². The van der Waals surface area contributed by atoms with Crippen molar-refractivity contribution in [2.24, 2.45) is 4.99 Å². The second-order valence-electron chi connectivity index (χ2n) is 10.3. The zero-order chi connectivity index (χ0) is 28.3. The number of amidine groups is 1. The van der Waals surface area contributed by atoms with Crippen LogP contribution in [0.4, 0.5) is 0 Å². The van der Waals surface area contributed by atoms with Crippen LogP contribution in [0.2, 0.25) is 0 Å². The lowest BCUT2D eigenvalue weighted by atomic mass is 10.0. The number of hydrogen-bond acceptors (Lipinski definition) is 2. The molecule has 0 saturated carbocycles. The molecule has 0 amide bonds. The Morgan fingerprint density at radius 3 is 2.24 bits per heavy atom. The minimum Gasteiger partial charge on any atom is -0.276 e. The number of allylic oxidation sites excluding steroid dienone is 1. The highest BCUT2D eigenvalue weighted by molar-refractivity contribution is 6.22. The minimum absolute atomic E-state index is 0.776. The maximum Gasteiger partial charge on any atom is 0.152 e. The van der Waals surface area contributed by atoms with Crippen molar-refractivity contribution in [1.82, 2.24) is 9.66 Å². The monoisotopic (exact) mass is 542 g/mol. The number of nitrogens with one attached hydrogen (secondary N) is 1. The molecule has 0 spiro atoms. The van der Waals surface area contributed by atoms with Crippen LogP contribution in [-0.2, 0) is 0 Å². The van der Waals surface area contributed by atoms with Crippen molar-refractivity contribution in [3.05, 3.63) is 157 Å². The first-order valence-corrected chi connectivity index (χ1v) is 14.3. The highest BCUT2D eigenvalue weighted by atomic mass is 15.4. The van der Waals surface area contributed by atoms with E-state index in [0.717, 1.165) is 51.2 Å². The molecule has 4 heteroatoms. The van der Waals surface area contributed by atoms with Crippen molar-refractivity contribution in [3.8, 4) is 11.1 Å². The third kappa shape index (κ3) is 4.73. The van der Waals surface area contributed by atoms with E-state index in [1.807, 2.05) is 30.6 Å². The van der Waals surface area contributed by atoms with Gasteiger partial charge in [-0.15, -0.1) is 0 Å². The third-order valence-electron chi connectivity index (χ3n) is 7.61. The van der Waals surface area contributed by atoms with Crippen LogP contribution >= 0.6 is 0 Å². The highest BCUT2D eigenvalue weighted by Crippen LogP contribution is 2.36. The molecule has 0 bridgehead atoms. The van der Waals surface area contributed by atoms with Crippen molar-refractivity contribution in [2.45, 2.75) is 13.3 Å². The van der Waals surface area contributed by atoms with E-state index in [0.29, 0.717) is 0 Å². The second kappa shape index (κ2) is 11.2. The predicted molar refractivity (Wildman–Crippen MR) is 177 cm³/mol. The predicted octanol–water partition coefficient (Wildman–Crippen LogP) is 9.45. The topological polar surface area (TPSA) is 42.2 Å². The molecule has 4 nitrogen and oxygen atoms in total. The van der Waals surface area contributed by atoms with E-state index >= 15 is 0 Å². The summed E-state index contributed by atoms with van der Waals surface area (Å²) in [6, 6.07) is 44.5. The molecule has 2 aromatic heterocycles. The Balaban J connectivity index is 1.49. The van der Waals surface area contributed by atoms with Gasteiger partial charge in [0.05, 0.1) is 16.7 Å². The van der Waals surface area contributed by atoms with Crippen LogP contribution in [0.1, 0.15) is 24.5 Å². The fourth-order valence-electron chi connectivity index (χ4n) is 5.63. The molecule has 202 valence electrons. The van der Waals surface area contributed by atoms with Gasteiger partial charge in [-0.25, -0.2) is 4.99 Å². The van der Waals surface area contributed by atoms with Gasteiger partial charge in [-0.2, -0.15) is 0 Å². The van der Waals surface area contributed by atoms with Crippen LogP contribution in [0.3, 0.4) is 0 Å². The van der Waals surface area contributed by atoms with Gasteiger partial charge in [0.2, 0.25) is 0 Å². The lowest BCUT2D eigenvalue weighted by molar-refractivity contribution is 1.08. The molecule has 0 saturated heterocycles. The normalized spacial score (nSPS) is 12.3. The summed E-state index contributed by atoms with van der Waals surface area (Å²) in [5.41, 5.74) is 11.2. The van der Waals surface area contributed by atoms with Crippen LogP contribution < -0.4 is 5.43 Å². The van der Waals surface area contributed by atoms with Crippen LogP contribution in [0.5, 0.6) is 0 Å². The standard InChI is InChI=1S/C38H30N4/c1-2-12-34(28-14-5-3-6-15-28)40-38(29-16-7-4-8-17-29)41-42-35-23-21-27-13-9-10-19-32(27)37(35)33-22-20-30(25-36(33)42)31-18-11-24-39-26-31/h3-26H,2H2,1H3,(H,40,41)/b34-12-. The molecule has 0 radical (unpaired) electrons. The molecule has 42 heavy (non-hydrogen) atoms. The summed E-state index contributed by atoms with van der Waals surface area (Å²) in [6.07, 6.45) is 6.78. The van der Waals surface area contributed by atoms with Gasteiger partial charge in [0.15, 0.2) is 5.84 Å². The summed E-state index contributed by atoms with van der Waals surface area (Å²) >= 11 is 0. The molecule has 1 N–H and O–H groups in total. The summed E-state index contributed by atoms with van der Waals surface area (Å²) in [7, 11) is 0. The van der Waals surface area contributed by atoms with Crippen LogP contribution in [0, 0.1) is 0 Å². The number of nitrogens with zero attached hydrogens (tertiary/aromatic N) is 3. The maximum atomic E-state index is 5.27. The first kappa shape index (κ1) is 25.5. The number of hydrogen-bond donors (Lipinski definition) is 1. The van der Waals surface area contributed by atoms with E-state index in [4.69, 9.17) is 4.99 Å². The summed E-state index contributed by atoms with van der Waals surface area (Å²) in [5.74, 6) is 0.776. The van der Waals surface area contributed by atoms with E-state index in [2.05, 4.69) is 137 Å². The Kier molecular flexibility index (Phi) is 6.79. The fourth-order valence-corrected chi connectivity index (χ4v) is 5.63. The van der Waals surface area contributed by atoms with Crippen LogP contribution in [-0.4, -0.2) is 15.5 Å². The van der Waals surface area contributed by atoms with Crippen molar-refractivity contribution < 1.29 is 0 Å². The molecule has 0 aliphatic carbocycles. The number of rotatable bonds is 6. The molecular weight excluding hydrogens is 512 g/mol. The molecule has 7 aromatic rings. The van der Waals surface area contributed by atoms with E-state index in [1.165, 1.54) is 21.5 Å². The quantitative estimate of drug-likeness (QED) is 0.168. The number of pyridine rings is 1. The zero-order valence-corrected chi connectivity index (χ0v) is 23.4. The summed E-state index contributed by atoms with van der Waals surface area (Å²) in [4.78, 5) is 9.64. The van der Waals surface area contributed by atoms with Crippen LogP contribution in [0.15, 0.2) is 151 Å². The van der Waals surface area contributed by atoms with Gasteiger partial charge in [0.25, 0.3) is 0 Å². The third-order valence-corrected chi connectivity index (χ3v) is 7.61. The molecule has 0 aliphatic heterocycles. The van der Waals surface area contributed by atoms with E-state index in [1.54, 1.807) is 0 Å². The van der Waals surface area contributed by atoms with Crippen LogP contribution in [0.25, 0.3) is 49.4 Å². The van der Waals surface area contributed by atoms with E-state index in [-0.39, 0.29) is 0 Å². The average molecular weight is 543 g/mol. The van der Waals surface area contributed by atoms with Gasteiger partial charge >= 0.3 is 0 Å². The van der Waals surface area contributed by atoms with Gasteiger partial charge in [-0.1, -0.05) is 122 Å². The minimum atomic E-state index is 0.776. The summed E-state index contributed by atoms with van der Waals surface area (Å²) < 4.78 is 2.19. The summed E-state index contributed by atoms with van der Waals surface area (Å²) in [5, 5.41) is 4.84. The van der Waals surface area contributed by atoms with Crippen molar-refractivity contribution in [1.29, 1.82) is 0 Å². The largest absolute Gasteiger partial charge is 0.276 e. The molecule has 7 rings (SSSR count). The molecule has 0 atom stereocenters. The Bertz CT molecular complexity index is 2070. The Morgan fingerprint density at radius 1 is 0.714 bits per heavy atom. The van der Waals surface area contributed by atoms with E-state index < -0.39 is 0 Å². The number of aliphatic imine (C=N–C) groups is 1. The summed E-state index contributed by atoms with van der Waals surface area (Å²) in [6.45, 7) is 2.14. The van der Waals surface area contributed by atoms with Gasteiger partial charge in [-0.3, -0.25) is 15.1 Å². The maximum absolute atomic E-state index is 5.27. The Labute approximate surface area is 245 Å². The van der Waals surface area contributed by atoms with Gasteiger partial charge in [-0.05, 0) is 46.5 Å². The Morgan fingerprint density at radius 2 is 1.48 bits per heavy atom. The number of benzene rings is 5. The smallest absolute Gasteiger partial charge is 0.152 e. The lowest BCUT2D eigenvalue weighted by Gasteiger charge is -2.16. The molecule has 5 aromatic carbocycles. The van der Waals surface area contributed by atoms with E-state index in [9.17, 15) is 0 Å². The van der Waals surface area contributed by atoms with Crippen molar-refractivity contribution >= 4 is 44.1 Å². The first-order valence-electron chi connectivity index (χ1n) is 14.3. The molecule has 0 fully saturated rings. The molecule has 0 aliphatic rings. The number of fused-ring (bicyclic) bond motifs is 5. The second-order valence-corrected chi connectivity index (χ2v) is 10.3. The lowest BCUT2D eigenvalue weighted by Crippen LogP contribution is -2.24. The molecule has 2 heterocycles. The van der Waals surface area contributed by atoms with Crippen molar-refractivity contribution in [3.63, 3.8) is 0 Å².